The summed E-state index contributed by atoms with van der Waals surface area (Å²) in [7, 11) is 0. The van der Waals surface area contributed by atoms with Gasteiger partial charge in [0, 0.05) is 11.9 Å². The zero-order valence-corrected chi connectivity index (χ0v) is 11.4. The van der Waals surface area contributed by atoms with E-state index in [1.807, 2.05) is 31.2 Å². The first-order valence-corrected chi connectivity index (χ1v) is 6.50. The number of benzene rings is 1. The second-order valence-electron chi connectivity index (χ2n) is 4.47. The minimum absolute atomic E-state index is 0.0495. The molecule has 0 saturated carbocycles. The van der Waals surface area contributed by atoms with Crippen molar-refractivity contribution >= 4 is 16.7 Å². The molecule has 2 aromatic heterocycles. The fourth-order valence-electron chi connectivity index (χ4n) is 2.04. The van der Waals surface area contributed by atoms with Crippen molar-refractivity contribution in [1.82, 2.24) is 14.8 Å². The maximum atomic E-state index is 11.2. The molecule has 3 rings (SSSR count). The lowest BCUT2D eigenvalue weighted by Gasteiger charge is -2.07. The van der Waals surface area contributed by atoms with Crippen LogP contribution in [0.4, 0.5) is 0 Å². The number of aromatic carboxylic acids is 1. The summed E-state index contributed by atoms with van der Waals surface area (Å²) in [5.41, 5.74) is -0.0495. The summed E-state index contributed by atoms with van der Waals surface area (Å²) >= 11 is 0. The van der Waals surface area contributed by atoms with Crippen molar-refractivity contribution in [2.24, 2.45) is 0 Å². The topological polar surface area (TPSA) is 77.2 Å². The molecule has 0 spiro atoms. The SMILES string of the molecule is CCn1cc(Oc2nc(C(=O)O)cc3ccccc23)cn1. The molecule has 0 aliphatic carbocycles. The summed E-state index contributed by atoms with van der Waals surface area (Å²) in [4.78, 5) is 15.2. The number of carboxylic acid groups (broad SMARTS) is 1. The van der Waals surface area contributed by atoms with E-state index in [-0.39, 0.29) is 11.6 Å². The predicted octanol–water partition coefficient (Wildman–Crippen LogP) is 2.94. The maximum absolute atomic E-state index is 11.2. The van der Waals surface area contributed by atoms with Crippen molar-refractivity contribution in [2.75, 3.05) is 0 Å². The average Bonchev–Trinajstić information content (AvgIpc) is 2.94. The van der Waals surface area contributed by atoms with Crippen LogP contribution in [-0.4, -0.2) is 25.8 Å². The first kappa shape index (κ1) is 13.1. The van der Waals surface area contributed by atoms with Crippen molar-refractivity contribution in [2.45, 2.75) is 13.5 Å². The molecule has 0 saturated heterocycles. The molecule has 2 heterocycles. The largest absolute Gasteiger partial charge is 0.477 e. The van der Waals surface area contributed by atoms with Gasteiger partial charge in [-0.1, -0.05) is 18.2 Å². The predicted molar refractivity (Wildman–Crippen MR) is 76.7 cm³/mol. The minimum Gasteiger partial charge on any atom is -0.477 e. The summed E-state index contributed by atoms with van der Waals surface area (Å²) in [5.74, 6) is -0.298. The number of hydrogen-bond acceptors (Lipinski definition) is 4. The Labute approximate surface area is 120 Å². The molecule has 6 nitrogen and oxygen atoms in total. The summed E-state index contributed by atoms with van der Waals surface area (Å²) in [5, 5.41) is 14.8. The Hall–Kier alpha value is -2.89. The molecule has 1 aromatic carbocycles. The molecule has 1 N–H and O–H groups in total. The maximum Gasteiger partial charge on any atom is 0.354 e. The van der Waals surface area contributed by atoms with Crippen molar-refractivity contribution < 1.29 is 14.6 Å². The van der Waals surface area contributed by atoms with Gasteiger partial charge in [-0.05, 0) is 24.4 Å². The first-order chi connectivity index (χ1) is 10.2. The third kappa shape index (κ3) is 2.55. The molecule has 0 amide bonds. The van der Waals surface area contributed by atoms with Gasteiger partial charge in [0.1, 0.15) is 0 Å². The number of nitrogens with zero attached hydrogens (tertiary/aromatic N) is 3. The molecule has 0 fully saturated rings. The Balaban J connectivity index is 2.09. The van der Waals surface area contributed by atoms with Gasteiger partial charge in [0.25, 0.3) is 0 Å². The van der Waals surface area contributed by atoms with Gasteiger partial charge in [0.2, 0.25) is 5.88 Å². The Morgan fingerprint density at radius 3 is 2.90 bits per heavy atom. The van der Waals surface area contributed by atoms with Crippen LogP contribution in [0.15, 0.2) is 42.7 Å². The summed E-state index contributed by atoms with van der Waals surface area (Å²) in [6.45, 7) is 2.70. The van der Waals surface area contributed by atoms with E-state index in [0.717, 1.165) is 17.3 Å². The van der Waals surface area contributed by atoms with E-state index in [1.54, 1.807) is 17.1 Å². The second-order valence-corrected chi connectivity index (χ2v) is 4.47. The van der Waals surface area contributed by atoms with Gasteiger partial charge in [-0.2, -0.15) is 5.10 Å². The van der Waals surface area contributed by atoms with Gasteiger partial charge in [0.05, 0.1) is 12.4 Å². The third-order valence-electron chi connectivity index (χ3n) is 3.07. The van der Waals surface area contributed by atoms with E-state index >= 15 is 0 Å². The van der Waals surface area contributed by atoms with Crippen LogP contribution >= 0.6 is 0 Å². The van der Waals surface area contributed by atoms with Crippen LogP contribution in [0.5, 0.6) is 11.6 Å². The number of aryl methyl sites for hydroxylation is 1. The fourth-order valence-corrected chi connectivity index (χ4v) is 2.04. The van der Waals surface area contributed by atoms with Crippen LogP contribution in [0.2, 0.25) is 0 Å². The molecule has 0 radical (unpaired) electrons. The van der Waals surface area contributed by atoms with Crippen LogP contribution in [0.1, 0.15) is 17.4 Å². The summed E-state index contributed by atoms with van der Waals surface area (Å²) < 4.78 is 7.43. The van der Waals surface area contributed by atoms with E-state index in [0.29, 0.717) is 5.75 Å². The molecule has 3 aromatic rings. The quantitative estimate of drug-likeness (QED) is 0.796. The Bertz CT molecular complexity index is 811. The zero-order chi connectivity index (χ0) is 14.8. The lowest BCUT2D eigenvalue weighted by Crippen LogP contribution is -2.02. The van der Waals surface area contributed by atoms with Crippen LogP contribution in [0.25, 0.3) is 10.8 Å². The smallest absolute Gasteiger partial charge is 0.354 e. The van der Waals surface area contributed by atoms with Crippen molar-refractivity contribution in [1.29, 1.82) is 0 Å². The van der Waals surface area contributed by atoms with Crippen molar-refractivity contribution in [3.05, 3.63) is 48.4 Å². The number of carboxylic acids is 1. The van der Waals surface area contributed by atoms with Crippen LogP contribution in [0, 0.1) is 0 Å². The molecule has 6 heteroatoms. The third-order valence-corrected chi connectivity index (χ3v) is 3.07. The zero-order valence-electron chi connectivity index (χ0n) is 11.4. The van der Waals surface area contributed by atoms with E-state index in [1.165, 1.54) is 6.07 Å². The summed E-state index contributed by atoms with van der Waals surface area (Å²) in [6, 6.07) is 8.89. The highest BCUT2D eigenvalue weighted by Gasteiger charge is 2.13. The minimum atomic E-state index is -1.09. The van der Waals surface area contributed by atoms with Crippen LogP contribution in [0.3, 0.4) is 0 Å². The van der Waals surface area contributed by atoms with Gasteiger partial charge in [-0.15, -0.1) is 0 Å². The standard InChI is InChI=1S/C15H13N3O3/c1-2-18-9-11(8-16-18)21-14-12-6-4-3-5-10(12)7-13(17-14)15(19)20/h3-9H,2H2,1H3,(H,19,20). The Morgan fingerprint density at radius 2 is 2.19 bits per heavy atom. The molecule has 0 aliphatic heterocycles. The molecule has 0 unspecified atom stereocenters. The Morgan fingerprint density at radius 1 is 1.38 bits per heavy atom. The average molecular weight is 283 g/mol. The number of pyridine rings is 1. The summed E-state index contributed by atoms with van der Waals surface area (Å²) in [6.07, 6.45) is 3.32. The van der Waals surface area contributed by atoms with Crippen LogP contribution in [-0.2, 0) is 6.54 Å². The molecular formula is C15H13N3O3. The number of carbonyl (C=O) groups is 1. The lowest BCUT2D eigenvalue weighted by atomic mass is 10.1. The van der Waals surface area contributed by atoms with E-state index in [4.69, 9.17) is 9.84 Å². The molecular weight excluding hydrogens is 270 g/mol. The van der Waals surface area contributed by atoms with Gasteiger partial charge in [-0.3, -0.25) is 4.68 Å². The normalized spacial score (nSPS) is 10.7. The number of aromatic nitrogens is 3. The van der Waals surface area contributed by atoms with Crippen molar-refractivity contribution in [3.63, 3.8) is 0 Å². The van der Waals surface area contributed by atoms with E-state index in [2.05, 4.69) is 10.1 Å². The highest BCUT2D eigenvalue weighted by Crippen LogP contribution is 2.28. The van der Waals surface area contributed by atoms with Gasteiger partial charge >= 0.3 is 5.97 Å². The van der Waals surface area contributed by atoms with E-state index < -0.39 is 5.97 Å². The van der Waals surface area contributed by atoms with Gasteiger partial charge < -0.3 is 9.84 Å². The number of rotatable bonds is 4. The number of fused-ring (bicyclic) bond motifs is 1. The highest BCUT2D eigenvalue weighted by molar-refractivity contribution is 5.94. The Kier molecular flexibility index (Phi) is 3.27. The van der Waals surface area contributed by atoms with Gasteiger partial charge in [0.15, 0.2) is 11.4 Å². The van der Waals surface area contributed by atoms with Gasteiger partial charge in [-0.25, -0.2) is 9.78 Å². The molecule has 0 bridgehead atoms. The first-order valence-electron chi connectivity index (χ1n) is 6.50. The number of hydrogen-bond donors (Lipinski definition) is 1. The lowest BCUT2D eigenvalue weighted by molar-refractivity contribution is 0.0690. The van der Waals surface area contributed by atoms with E-state index in [9.17, 15) is 4.79 Å². The van der Waals surface area contributed by atoms with Crippen molar-refractivity contribution in [3.8, 4) is 11.6 Å². The monoisotopic (exact) mass is 283 g/mol. The molecule has 0 atom stereocenters. The molecule has 106 valence electrons. The van der Waals surface area contributed by atoms with Crippen LogP contribution < -0.4 is 4.74 Å². The fraction of sp³-hybridized carbons (Fsp3) is 0.133. The second kappa shape index (κ2) is 5.24. The molecule has 21 heavy (non-hydrogen) atoms. The molecule has 0 aliphatic rings. The highest BCUT2D eigenvalue weighted by atomic mass is 16.5. The number of ether oxygens (including phenoxy) is 1.